The van der Waals surface area contributed by atoms with Gasteiger partial charge in [-0.05, 0) is 6.42 Å². The van der Waals surface area contributed by atoms with E-state index in [2.05, 4.69) is 45.1 Å². The molecule has 0 nitrogen and oxygen atoms in total. The molecule has 0 N–H and O–H groups in total. The van der Waals surface area contributed by atoms with Crippen molar-refractivity contribution in [3.05, 3.63) is 46.6 Å². The van der Waals surface area contributed by atoms with Crippen LogP contribution in [0.25, 0.3) is 0 Å². The first-order valence-electron chi connectivity index (χ1n) is 6.52. The summed E-state index contributed by atoms with van der Waals surface area (Å²) in [6, 6.07) is 0. The summed E-state index contributed by atoms with van der Waals surface area (Å²) in [5.41, 5.74) is 6.21. The maximum atomic E-state index is 3.72. The van der Waals surface area contributed by atoms with Crippen LogP contribution in [-0.4, -0.2) is 0 Å². The molecule has 0 aromatic rings. The van der Waals surface area contributed by atoms with E-state index in [0.717, 1.165) is 19.3 Å². The Hall–Kier alpha value is 0.423. The van der Waals surface area contributed by atoms with Gasteiger partial charge >= 0.3 is 26.2 Å². The SMILES string of the molecule is CCC1=[C-]C(C2=CC=CC2)C(CC)=C1CC.[Cl-].[Cl-].[Zr+3]. The fourth-order valence-electron chi connectivity index (χ4n) is 2.88. The van der Waals surface area contributed by atoms with Gasteiger partial charge in [0.2, 0.25) is 0 Å². The molecule has 0 heterocycles. The Balaban J connectivity index is 0. The predicted molar refractivity (Wildman–Crippen MR) is 70.0 cm³/mol. The zero-order chi connectivity index (χ0) is 11.5. The monoisotopic (exact) mass is 373 g/mol. The molecule has 2 aliphatic carbocycles. The van der Waals surface area contributed by atoms with Gasteiger partial charge in [0.15, 0.2) is 0 Å². The molecule has 2 rings (SSSR count). The normalized spacial score (nSPS) is 20.3. The van der Waals surface area contributed by atoms with Crippen molar-refractivity contribution in [2.75, 3.05) is 0 Å². The van der Waals surface area contributed by atoms with E-state index < -0.39 is 0 Å². The van der Waals surface area contributed by atoms with E-state index in [1.54, 1.807) is 11.1 Å². The summed E-state index contributed by atoms with van der Waals surface area (Å²) in [7, 11) is 0. The van der Waals surface area contributed by atoms with Crippen LogP contribution in [0.15, 0.2) is 40.5 Å². The zero-order valence-corrected chi connectivity index (χ0v) is 15.9. The molecule has 0 aromatic carbocycles. The van der Waals surface area contributed by atoms with Gasteiger partial charge in [-0.25, -0.2) is 5.57 Å². The Morgan fingerprint density at radius 3 is 2.21 bits per heavy atom. The van der Waals surface area contributed by atoms with Gasteiger partial charge in [0, 0.05) is 0 Å². The van der Waals surface area contributed by atoms with Crippen LogP contribution in [0.3, 0.4) is 0 Å². The fourth-order valence-corrected chi connectivity index (χ4v) is 2.88. The molecule has 0 aromatic heterocycles. The van der Waals surface area contributed by atoms with Crippen molar-refractivity contribution in [1.82, 2.24) is 0 Å². The third kappa shape index (κ3) is 4.45. The summed E-state index contributed by atoms with van der Waals surface area (Å²) in [4.78, 5) is 0. The van der Waals surface area contributed by atoms with Gasteiger partial charge in [0.1, 0.15) is 0 Å². The van der Waals surface area contributed by atoms with Gasteiger partial charge in [-0.3, -0.25) is 6.08 Å². The number of hydrogen-bond donors (Lipinski definition) is 0. The fraction of sp³-hybridized carbons (Fsp3) is 0.500. The first-order valence-corrected chi connectivity index (χ1v) is 6.52. The molecule has 0 saturated carbocycles. The van der Waals surface area contributed by atoms with Crippen LogP contribution in [0.5, 0.6) is 0 Å². The summed E-state index contributed by atoms with van der Waals surface area (Å²) in [5.74, 6) is 0.491. The van der Waals surface area contributed by atoms with E-state index in [1.807, 2.05) is 0 Å². The van der Waals surface area contributed by atoms with Crippen LogP contribution in [0, 0.1) is 12.0 Å². The Bertz CT molecular complexity index is 403. The van der Waals surface area contributed by atoms with Crippen molar-refractivity contribution >= 4 is 0 Å². The molecule has 19 heavy (non-hydrogen) atoms. The summed E-state index contributed by atoms with van der Waals surface area (Å²) < 4.78 is 0. The molecule has 2 aliphatic rings. The van der Waals surface area contributed by atoms with E-state index >= 15 is 0 Å². The van der Waals surface area contributed by atoms with Crippen molar-refractivity contribution in [3.63, 3.8) is 0 Å². The molecular weight excluding hydrogens is 354 g/mol. The number of hydrogen-bond acceptors (Lipinski definition) is 0. The minimum Gasteiger partial charge on any atom is -1.00 e. The quantitative estimate of drug-likeness (QED) is 0.540. The molecule has 0 saturated heterocycles. The van der Waals surface area contributed by atoms with E-state index in [0.29, 0.717) is 5.92 Å². The van der Waals surface area contributed by atoms with Crippen molar-refractivity contribution < 1.29 is 51.0 Å². The van der Waals surface area contributed by atoms with E-state index in [-0.39, 0.29) is 51.0 Å². The van der Waals surface area contributed by atoms with Crippen LogP contribution >= 0.6 is 0 Å². The van der Waals surface area contributed by atoms with Crippen LogP contribution in [0.4, 0.5) is 0 Å². The Morgan fingerprint density at radius 2 is 1.79 bits per heavy atom. The maximum absolute atomic E-state index is 3.72. The standard InChI is InChI=1S/C16H21.2ClH.Zr/c1-4-12-11-16(13-9-7-8-10-13)15(6-3)14(12)5-2;;;/h7-9,16H,4-6,10H2,1-3H3;2*1H;/q-1;;;+3/p-2. The van der Waals surface area contributed by atoms with Gasteiger partial charge in [-0.15, -0.1) is 0 Å². The molecular formula is C16H21Cl2Zr. The van der Waals surface area contributed by atoms with Crippen molar-refractivity contribution in [3.8, 4) is 0 Å². The smallest absolute Gasteiger partial charge is 1.00 e. The maximum Gasteiger partial charge on any atom is 3.00 e. The van der Waals surface area contributed by atoms with Gasteiger partial charge in [-0.2, -0.15) is 11.1 Å². The average molecular weight is 375 g/mol. The summed E-state index contributed by atoms with van der Waals surface area (Å²) in [6.45, 7) is 6.79. The van der Waals surface area contributed by atoms with Gasteiger partial charge in [0.05, 0.1) is 0 Å². The van der Waals surface area contributed by atoms with Crippen molar-refractivity contribution in [2.24, 2.45) is 5.92 Å². The van der Waals surface area contributed by atoms with Crippen molar-refractivity contribution in [1.29, 1.82) is 0 Å². The zero-order valence-electron chi connectivity index (χ0n) is 11.9. The van der Waals surface area contributed by atoms with Crippen LogP contribution < -0.4 is 24.8 Å². The molecule has 103 valence electrons. The average Bonchev–Trinajstić information content (AvgIpc) is 2.94. The number of allylic oxidation sites excluding steroid dienone is 8. The Morgan fingerprint density at radius 1 is 1.11 bits per heavy atom. The molecule has 1 atom stereocenters. The molecule has 0 spiro atoms. The Kier molecular flexibility index (Phi) is 11.7. The van der Waals surface area contributed by atoms with Gasteiger partial charge < -0.3 is 24.8 Å². The van der Waals surface area contributed by atoms with Crippen LogP contribution in [0.2, 0.25) is 0 Å². The minimum atomic E-state index is 0. The second kappa shape index (κ2) is 10.2. The Labute approximate surface area is 149 Å². The molecule has 1 unspecified atom stereocenters. The third-order valence-electron chi connectivity index (χ3n) is 3.68. The third-order valence-corrected chi connectivity index (χ3v) is 3.68. The van der Waals surface area contributed by atoms with Gasteiger partial charge in [-0.1, -0.05) is 69.8 Å². The molecule has 0 fully saturated rings. The van der Waals surface area contributed by atoms with Crippen LogP contribution in [0.1, 0.15) is 46.5 Å². The predicted octanol–water partition coefficient (Wildman–Crippen LogP) is -1.24. The number of rotatable bonds is 4. The largest absolute Gasteiger partial charge is 3.00 e. The first-order chi connectivity index (χ1) is 7.81. The van der Waals surface area contributed by atoms with E-state index in [4.69, 9.17) is 0 Å². The molecule has 0 aliphatic heterocycles. The summed E-state index contributed by atoms with van der Waals surface area (Å²) >= 11 is 0. The van der Waals surface area contributed by atoms with E-state index in [9.17, 15) is 0 Å². The topological polar surface area (TPSA) is 0 Å². The van der Waals surface area contributed by atoms with Gasteiger partial charge in [0.25, 0.3) is 0 Å². The second-order valence-electron chi connectivity index (χ2n) is 4.49. The van der Waals surface area contributed by atoms with Crippen LogP contribution in [-0.2, 0) is 26.2 Å². The summed E-state index contributed by atoms with van der Waals surface area (Å²) in [5, 5.41) is 0. The molecule has 1 radical (unpaired) electrons. The molecule has 0 bridgehead atoms. The van der Waals surface area contributed by atoms with Crippen molar-refractivity contribution in [2.45, 2.75) is 46.5 Å². The second-order valence-corrected chi connectivity index (χ2v) is 4.49. The summed E-state index contributed by atoms with van der Waals surface area (Å²) in [6.07, 6.45) is 15.0. The molecule has 3 heteroatoms. The number of halogens is 2. The minimum absolute atomic E-state index is 0. The van der Waals surface area contributed by atoms with E-state index in [1.165, 1.54) is 17.6 Å². The first kappa shape index (κ1) is 21.7. The molecule has 0 amide bonds.